The first kappa shape index (κ1) is 17.5. The number of halogens is 3. The third kappa shape index (κ3) is 4.11. The fourth-order valence-electron chi connectivity index (χ4n) is 1.89. The standard InChI is InChI=1S/C14H18BF3O3S/c1-12(2)13(3,4)21-15(20-12)10-6-5-7-11(8-10)19-9-22-14(16,17)18/h5-8H,9H2,1-4H3. The maximum atomic E-state index is 12.1. The molecule has 0 amide bonds. The Bertz CT molecular complexity index is 518. The number of hydrogen-bond acceptors (Lipinski definition) is 4. The molecule has 1 heterocycles. The van der Waals surface area contributed by atoms with Gasteiger partial charge in [0, 0.05) is 0 Å². The molecule has 0 unspecified atom stereocenters. The molecular weight excluding hydrogens is 316 g/mol. The molecule has 1 aromatic carbocycles. The minimum Gasteiger partial charge on any atom is -0.483 e. The summed E-state index contributed by atoms with van der Waals surface area (Å²) in [6.45, 7) is 7.75. The van der Waals surface area contributed by atoms with Crippen molar-refractivity contribution < 1.29 is 27.2 Å². The zero-order valence-electron chi connectivity index (χ0n) is 12.9. The molecule has 0 N–H and O–H groups in total. The molecule has 1 aromatic rings. The second kappa shape index (κ2) is 5.98. The summed E-state index contributed by atoms with van der Waals surface area (Å²) in [7, 11) is -0.566. The van der Waals surface area contributed by atoms with Crippen LogP contribution in [0.2, 0.25) is 0 Å². The van der Waals surface area contributed by atoms with Gasteiger partial charge in [-0.25, -0.2) is 0 Å². The van der Waals surface area contributed by atoms with Gasteiger partial charge in [-0.2, -0.15) is 13.2 Å². The monoisotopic (exact) mass is 334 g/mol. The Hall–Kier alpha value is -0.855. The van der Waals surface area contributed by atoms with Crippen LogP contribution < -0.4 is 10.2 Å². The van der Waals surface area contributed by atoms with Crippen LogP contribution in [-0.2, 0) is 9.31 Å². The zero-order chi connectivity index (χ0) is 16.6. The van der Waals surface area contributed by atoms with Crippen LogP contribution in [0.1, 0.15) is 27.7 Å². The predicted octanol–water partition coefficient (Wildman–Crippen LogP) is 3.58. The van der Waals surface area contributed by atoms with Crippen LogP contribution in [-0.4, -0.2) is 29.8 Å². The largest absolute Gasteiger partial charge is 0.494 e. The Kier molecular flexibility index (Phi) is 4.75. The highest BCUT2D eigenvalue weighted by Gasteiger charge is 2.51. The molecule has 1 fully saturated rings. The highest BCUT2D eigenvalue weighted by atomic mass is 32.2. The summed E-state index contributed by atoms with van der Waals surface area (Å²) in [5, 5.41) is 0. The van der Waals surface area contributed by atoms with Gasteiger partial charge in [-0.3, -0.25) is 0 Å². The smallest absolute Gasteiger partial charge is 0.483 e. The lowest BCUT2D eigenvalue weighted by Crippen LogP contribution is -2.41. The van der Waals surface area contributed by atoms with Gasteiger partial charge in [-0.05, 0) is 57.1 Å². The molecule has 0 saturated carbocycles. The summed E-state index contributed by atoms with van der Waals surface area (Å²) in [5.41, 5.74) is -4.53. The fraction of sp³-hybridized carbons (Fsp3) is 0.571. The van der Waals surface area contributed by atoms with Crippen LogP contribution in [0, 0.1) is 0 Å². The van der Waals surface area contributed by atoms with Gasteiger partial charge >= 0.3 is 12.6 Å². The van der Waals surface area contributed by atoms with Gasteiger partial charge in [0.2, 0.25) is 0 Å². The van der Waals surface area contributed by atoms with Crippen LogP contribution in [0.4, 0.5) is 13.2 Å². The van der Waals surface area contributed by atoms with Crippen molar-refractivity contribution in [2.45, 2.75) is 44.4 Å². The van der Waals surface area contributed by atoms with E-state index in [0.717, 1.165) is 0 Å². The van der Waals surface area contributed by atoms with E-state index in [-0.39, 0.29) is 11.8 Å². The molecule has 0 bridgehead atoms. The molecule has 0 radical (unpaired) electrons. The lowest BCUT2D eigenvalue weighted by atomic mass is 9.79. The van der Waals surface area contributed by atoms with E-state index in [0.29, 0.717) is 11.2 Å². The fourth-order valence-corrected chi connectivity index (χ4v) is 2.22. The first-order valence-corrected chi connectivity index (χ1v) is 7.78. The second-order valence-electron chi connectivity index (χ2n) is 6.01. The molecule has 1 saturated heterocycles. The van der Waals surface area contributed by atoms with E-state index in [9.17, 15) is 13.2 Å². The Morgan fingerprint density at radius 3 is 2.27 bits per heavy atom. The van der Waals surface area contributed by atoms with Gasteiger partial charge in [0.05, 0.1) is 11.2 Å². The number of alkyl halides is 3. The maximum Gasteiger partial charge on any atom is 0.494 e. The lowest BCUT2D eigenvalue weighted by Gasteiger charge is -2.32. The Morgan fingerprint density at radius 1 is 1.14 bits per heavy atom. The Balaban J connectivity index is 2.04. The summed E-state index contributed by atoms with van der Waals surface area (Å²) in [6, 6.07) is 6.74. The quantitative estimate of drug-likeness (QED) is 0.621. The summed E-state index contributed by atoms with van der Waals surface area (Å²) in [5.74, 6) is -0.139. The summed E-state index contributed by atoms with van der Waals surface area (Å²) in [6.07, 6.45) is 0. The number of ether oxygens (including phenoxy) is 1. The van der Waals surface area contributed by atoms with Crippen molar-refractivity contribution in [2.24, 2.45) is 0 Å². The SMILES string of the molecule is CC1(C)OB(c2cccc(OCSC(F)(F)F)c2)OC1(C)C. The number of hydrogen-bond donors (Lipinski definition) is 0. The Labute approximate surface area is 132 Å². The normalized spacial score (nSPS) is 20.2. The summed E-state index contributed by atoms with van der Waals surface area (Å²) in [4.78, 5) is 0. The van der Waals surface area contributed by atoms with E-state index >= 15 is 0 Å². The van der Waals surface area contributed by atoms with E-state index in [4.69, 9.17) is 14.0 Å². The van der Waals surface area contributed by atoms with Crippen molar-refractivity contribution in [3.8, 4) is 5.75 Å². The molecule has 8 heteroatoms. The molecule has 1 aliphatic heterocycles. The van der Waals surface area contributed by atoms with Crippen molar-refractivity contribution in [1.82, 2.24) is 0 Å². The minimum absolute atomic E-state index is 0.219. The van der Waals surface area contributed by atoms with Crippen LogP contribution in [0.3, 0.4) is 0 Å². The average Bonchev–Trinajstić information content (AvgIpc) is 2.57. The maximum absolute atomic E-state index is 12.1. The van der Waals surface area contributed by atoms with Crippen LogP contribution in [0.5, 0.6) is 5.75 Å². The third-order valence-corrected chi connectivity index (χ3v) is 4.39. The van der Waals surface area contributed by atoms with Gasteiger partial charge in [-0.15, -0.1) is 0 Å². The summed E-state index contributed by atoms with van der Waals surface area (Å²) >= 11 is -0.219. The highest BCUT2D eigenvalue weighted by Crippen LogP contribution is 2.36. The first-order valence-electron chi connectivity index (χ1n) is 6.79. The van der Waals surface area contributed by atoms with E-state index in [2.05, 4.69) is 0 Å². The van der Waals surface area contributed by atoms with Crippen molar-refractivity contribution in [2.75, 3.05) is 5.94 Å². The molecule has 1 aliphatic rings. The van der Waals surface area contributed by atoms with Crippen molar-refractivity contribution in [1.29, 1.82) is 0 Å². The van der Waals surface area contributed by atoms with Gasteiger partial charge in [-0.1, -0.05) is 12.1 Å². The molecule has 0 aromatic heterocycles. The number of thioether (sulfide) groups is 1. The van der Waals surface area contributed by atoms with E-state index in [1.165, 1.54) is 0 Å². The zero-order valence-corrected chi connectivity index (χ0v) is 13.7. The predicted molar refractivity (Wildman–Crippen MR) is 81.3 cm³/mol. The van der Waals surface area contributed by atoms with Crippen LogP contribution in [0.15, 0.2) is 24.3 Å². The lowest BCUT2D eigenvalue weighted by molar-refractivity contribution is -0.0336. The molecule has 2 rings (SSSR count). The number of benzene rings is 1. The average molecular weight is 334 g/mol. The van der Waals surface area contributed by atoms with Gasteiger partial charge < -0.3 is 14.0 Å². The van der Waals surface area contributed by atoms with E-state index < -0.39 is 29.8 Å². The molecular formula is C14H18BF3O3S. The highest BCUT2D eigenvalue weighted by molar-refractivity contribution is 8.00. The topological polar surface area (TPSA) is 27.7 Å². The van der Waals surface area contributed by atoms with Crippen molar-refractivity contribution in [3.63, 3.8) is 0 Å². The molecule has 122 valence electrons. The van der Waals surface area contributed by atoms with Crippen LogP contribution >= 0.6 is 11.8 Å². The van der Waals surface area contributed by atoms with Crippen LogP contribution in [0.25, 0.3) is 0 Å². The van der Waals surface area contributed by atoms with Gasteiger partial charge in [0.1, 0.15) is 11.7 Å². The minimum atomic E-state index is -4.30. The van der Waals surface area contributed by atoms with E-state index in [1.807, 2.05) is 27.7 Å². The number of rotatable bonds is 4. The summed E-state index contributed by atoms with van der Waals surface area (Å²) < 4.78 is 53.2. The molecule has 0 atom stereocenters. The Morgan fingerprint density at radius 2 is 1.73 bits per heavy atom. The van der Waals surface area contributed by atoms with Crippen molar-refractivity contribution >= 4 is 24.3 Å². The molecule has 0 aliphatic carbocycles. The first-order chi connectivity index (χ1) is 10.0. The van der Waals surface area contributed by atoms with Crippen molar-refractivity contribution in [3.05, 3.63) is 24.3 Å². The molecule has 3 nitrogen and oxygen atoms in total. The second-order valence-corrected chi connectivity index (χ2v) is 7.00. The van der Waals surface area contributed by atoms with Gasteiger partial charge in [0.25, 0.3) is 0 Å². The van der Waals surface area contributed by atoms with E-state index in [1.54, 1.807) is 24.3 Å². The van der Waals surface area contributed by atoms with Gasteiger partial charge in [0.15, 0.2) is 0 Å². The molecule has 22 heavy (non-hydrogen) atoms. The third-order valence-electron chi connectivity index (χ3n) is 3.83. The molecule has 0 spiro atoms.